The van der Waals surface area contributed by atoms with Crippen LogP contribution in [0.15, 0.2) is 30.3 Å². The molecule has 1 heterocycles. The van der Waals surface area contributed by atoms with E-state index in [1.54, 1.807) is 18.4 Å². The van der Waals surface area contributed by atoms with Gasteiger partial charge < -0.3 is 9.64 Å². The number of carbonyl (C=O) groups excluding carboxylic acids is 1. The third kappa shape index (κ3) is 3.69. The number of methoxy groups -OCH3 is 1. The molecule has 1 aromatic carbocycles. The van der Waals surface area contributed by atoms with Gasteiger partial charge in [-0.15, -0.1) is 11.3 Å². The highest BCUT2D eigenvalue weighted by Gasteiger charge is 2.19. The Morgan fingerprint density at radius 2 is 2.00 bits per heavy atom. The van der Waals surface area contributed by atoms with Crippen molar-refractivity contribution in [2.24, 2.45) is 0 Å². The summed E-state index contributed by atoms with van der Waals surface area (Å²) in [6.45, 7) is 7.52. The number of hydrogen-bond acceptors (Lipinski definition) is 3. The van der Waals surface area contributed by atoms with Crippen LogP contribution in [0.2, 0.25) is 0 Å². The van der Waals surface area contributed by atoms with E-state index in [2.05, 4.69) is 13.8 Å². The average Bonchev–Trinajstić information content (AvgIpc) is 2.86. The molecule has 0 atom stereocenters. The lowest BCUT2D eigenvalue weighted by Gasteiger charge is -2.22. The van der Waals surface area contributed by atoms with Crippen molar-refractivity contribution in [2.45, 2.75) is 33.7 Å². The van der Waals surface area contributed by atoms with Crippen LogP contribution >= 0.6 is 11.3 Å². The number of ether oxygens (including phenoxy) is 1. The highest BCUT2D eigenvalue weighted by Crippen LogP contribution is 2.25. The lowest BCUT2D eigenvalue weighted by Crippen LogP contribution is -2.30. The van der Waals surface area contributed by atoms with Gasteiger partial charge in [0.05, 0.1) is 12.0 Å². The van der Waals surface area contributed by atoms with E-state index in [1.165, 1.54) is 10.4 Å². The van der Waals surface area contributed by atoms with Gasteiger partial charge in [-0.3, -0.25) is 4.79 Å². The van der Waals surface area contributed by atoms with Crippen LogP contribution < -0.4 is 4.74 Å². The highest BCUT2D eigenvalue weighted by atomic mass is 32.1. The minimum absolute atomic E-state index is 0.106. The highest BCUT2D eigenvalue weighted by molar-refractivity contribution is 7.14. The zero-order valence-corrected chi connectivity index (χ0v) is 14.5. The van der Waals surface area contributed by atoms with Gasteiger partial charge in [0, 0.05) is 23.5 Å². The number of hydrogen-bond donors (Lipinski definition) is 0. The summed E-state index contributed by atoms with van der Waals surface area (Å²) >= 11 is 1.57. The van der Waals surface area contributed by atoms with Crippen LogP contribution in [0.5, 0.6) is 5.75 Å². The number of benzene rings is 1. The van der Waals surface area contributed by atoms with E-state index >= 15 is 0 Å². The number of para-hydroxylation sites is 1. The number of amides is 1. The largest absolute Gasteiger partial charge is 0.496 e. The van der Waals surface area contributed by atoms with Crippen molar-refractivity contribution < 1.29 is 9.53 Å². The molecule has 2 rings (SSSR count). The lowest BCUT2D eigenvalue weighted by molar-refractivity contribution is 0.0747. The predicted octanol–water partition coefficient (Wildman–Crippen LogP) is 4.43. The molecule has 4 heteroatoms. The molecule has 0 aliphatic heterocycles. The molecule has 2 aromatic rings. The summed E-state index contributed by atoms with van der Waals surface area (Å²) in [5.41, 5.74) is 2.22. The Morgan fingerprint density at radius 1 is 1.27 bits per heavy atom. The maximum atomic E-state index is 12.8. The first-order chi connectivity index (χ1) is 10.6. The fourth-order valence-electron chi connectivity index (χ4n) is 2.40. The van der Waals surface area contributed by atoms with Gasteiger partial charge in [-0.2, -0.15) is 0 Å². The molecular formula is C18H23NO2S. The number of thiophene rings is 1. The monoisotopic (exact) mass is 317 g/mol. The standard InChI is InChI=1S/C18H23NO2S/c1-5-10-19(12-15-8-6-7-9-16(15)21-4)18(20)17-11-13(2)14(3)22-17/h6-9,11H,5,10,12H2,1-4H3. The van der Waals surface area contributed by atoms with Gasteiger partial charge >= 0.3 is 0 Å². The Hall–Kier alpha value is -1.81. The molecule has 0 saturated carbocycles. The second-order valence-corrected chi connectivity index (χ2v) is 6.64. The number of carbonyl (C=O) groups is 1. The van der Waals surface area contributed by atoms with Crippen LogP contribution in [-0.2, 0) is 6.54 Å². The second-order valence-electron chi connectivity index (χ2n) is 5.39. The molecule has 0 fully saturated rings. The SMILES string of the molecule is CCCN(Cc1ccccc1OC)C(=O)c1cc(C)c(C)s1. The first-order valence-corrected chi connectivity index (χ1v) is 8.36. The summed E-state index contributed by atoms with van der Waals surface area (Å²) in [6.07, 6.45) is 0.935. The van der Waals surface area contributed by atoms with Crippen molar-refractivity contribution in [3.8, 4) is 5.75 Å². The lowest BCUT2D eigenvalue weighted by atomic mass is 10.1. The normalized spacial score (nSPS) is 10.5. The van der Waals surface area contributed by atoms with Gasteiger partial charge in [-0.1, -0.05) is 25.1 Å². The third-order valence-electron chi connectivity index (χ3n) is 3.71. The topological polar surface area (TPSA) is 29.5 Å². The van der Waals surface area contributed by atoms with Crippen LogP contribution in [-0.4, -0.2) is 24.5 Å². The Labute approximate surface area is 136 Å². The van der Waals surface area contributed by atoms with E-state index < -0.39 is 0 Å². The van der Waals surface area contributed by atoms with E-state index in [0.717, 1.165) is 29.2 Å². The van der Waals surface area contributed by atoms with Crippen molar-refractivity contribution >= 4 is 17.2 Å². The van der Waals surface area contributed by atoms with E-state index in [1.807, 2.05) is 42.2 Å². The maximum absolute atomic E-state index is 12.8. The summed E-state index contributed by atoms with van der Waals surface area (Å²) in [5.74, 6) is 0.934. The van der Waals surface area contributed by atoms with E-state index in [-0.39, 0.29) is 5.91 Å². The molecule has 1 aromatic heterocycles. The van der Waals surface area contributed by atoms with E-state index in [4.69, 9.17) is 4.74 Å². The smallest absolute Gasteiger partial charge is 0.264 e. The Bertz CT molecular complexity index is 629. The molecule has 0 N–H and O–H groups in total. The molecule has 22 heavy (non-hydrogen) atoms. The zero-order valence-electron chi connectivity index (χ0n) is 13.7. The molecule has 0 aliphatic carbocycles. The summed E-state index contributed by atoms with van der Waals surface area (Å²) < 4.78 is 5.40. The fraction of sp³-hybridized carbons (Fsp3) is 0.389. The summed E-state index contributed by atoms with van der Waals surface area (Å²) in [5, 5.41) is 0. The molecule has 0 spiro atoms. The van der Waals surface area contributed by atoms with E-state index in [9.17, 15) is 4.79 Å². The van der Waals surface area contributed by atoms with Crippen LogP contribution in [0.3, 0.4) is 0 Å². The van der Waals surface area contributed by atoms with Crippen molar-refractivity contribution in [2.75, 3.05) is 13.7 Å². The Balaban J connectivity index is 2.24. The van der Waals surface area contributed by atoms with Gasteiger partial charge in [-0.25, -0.2) is 0 Å². The number of nitrogens with zero attached hydrogens (tertiary/aromatic N) is 1. The van der Waals surface area contributed by atoms with Crippen molar-refractivity contribution in [3.63, 3.8) is 0 Å². The van der Waals surface area contributed by atoms with E-state index in [0.29, 0.717) is 6.54 Å². The average molecular weight is 317 g/mol. The summed E-state index contributed by atoms with van der Waals surface area (Å²) in [4.78, 5) is 16.7. The molecule has 0 unspecified atom stereocenters. The zero-order chi connectivity index (χ0) is 16.1. The second kappa shape index (κ2) is 7.45. The minimum atomic E-state index is 0.106. The van der Waals surface area contributed by atoms with Crippen LogP contribution in [0, 0.1) is 13.8 Å². The third-order valence-corrected chi connectivity index (χ3v) is 4.85. The maximum Gasteiger partial charge on any atom is 0.264 e. The van der Waals surface area contributed by atoms with Crippen molar-refractivity contribution in [3.05, 3.63) is 51.2 Å². The first kappa shape index (κ1) is 16.6. The molecule has 1 amide bonds. The van der Waals surface area contributed by atoms with Crippen LogP contribution in [0.25, 0.3) is 0 Å². The Kier molecular flexibility index (Phi) is 5.61. The molecule has 0 aliphatic rings. The van der Waals surface area contributed by atoms with Crippen LogP contribution in [0.4, 0.5) is 0 Å². The molecule has 118 valence electrons. The van der Waals surface area contributed by atoms with Gasteiger partial charge in [0.25, 0.3) is 5.91 Å². The summed E-state index contributed by atoms with van der Waals surface area (Å²) in [7, 11) is 1.66. The number of aryl methyl sites for hydroxylation is 2. The molecule has 0 radical (unpaired) electrons. The Morgan fingerprint density at radius 3 is 2.59 bits per heavy atom. The molecule has 3 nitrogen and oxygen atoms in total. The molecule has 0 saturated heterocycles. The fourth-order valence-corrected chi connectivity index (χ4v) is 3.40. The number of rotatable bonds is 6. The molecule has 0 bridgehead atoms. The van der Waals surface area contributed by atoms with Gasteiger partial charge in [-0.05, 0) is 38.0 Å². The molecular weight excluding hydrogens is 294 g/mol. The van der Waals surface area contributed by atoms with Crippen LogP contribution in [0.1, 0.15) is 39.0 Å². The minimum Gasteiger partial charge on any atom is -0.496 e. The van der Waals surface area contributed by atoms with Crippen molar-refractivity contribution in [1.82, 2.24) is 4.90 Å². The summed E-state index contributed by atoms with van der Waals surface area (Å²) in [6, 6.07) is 9.86. The van der Waals surface area contributed by atoms with Gasteiger partial charge in [0.15, 0.2) is 0 Å². The first-order valence-electron chi connectivity index (χ1n) is 7.55. The van der Waals surface area contributed by atoms with Crippen molar-refractivity contribution in [1.29, 1.82) is 0 Å². The quantitative estimate of drug-likeness (QED) is 0.789. The predicted molar refractivity (Wildman–Crippen MR) is 91.8 cm³/mol. The van der Waals surface area contributed by atoms with Gasteiger partial charge in [0.1, 0.15) is 5.75 Å². The van der Waals surface area contributed by atoms with Gasteiger partial charge in [0.2, 0.25) is 0 Å².